The summed E-state index contributed by atoms with van der Waals surface area (Å²) < 4.78 is 5.79. The molecule has 0 aliphatic rings. The van der Waals surface area contributed by atoms with E-state index in [-0.39, 0.29) is 5.76 Å². The summed E-state index contributed by atoms with van der Waals surface area (Å²) in [4.78, 5) is 25.8. The minimum atomic E-state index is -0.455. The van der Waals surface area contributed by atoms with E-state index in [4.69, 9.17) is 16.0 Å². The van der Waals surface area contributed by atoms with Crippen molar-refractivity contribution in [3.8, 4) is 0 Å². The maximum absolute atomic E-state index is 13.0. The molecular weight excluding hydrogens is 400 g/mol. The van der Waals surface area contributed by atoms with Crippen molar-refractivity contribution in [1.29, 1.82) is 0 Å². The number of para-hydroxylation sites is 1. The van der Waals surface area contributed by atoms with Gasteiger partial charge in [-0.15, -0.1) is 0 Å². The number of hydrogen-bond donors (Lipinski definition) is 2. The quantitative estimate of drug-likeness (QED) is 0.414. The Bertz CT molecular complexity index is 1280. The van der Waals surface area contributed by atoms with Crippen LogP contribution in [-0.2, 0) is 0 Å². The van der Waals surface area contributed by atoms with E-state index in [2.05, 4.69) is 10.6 Å². The summed E-state index contributed by atoms with van der Waals surface area (Å²) >= 11 is 6.15. The van der Waals surface area contributed by atoms with E-state index in [1.54, 1.807) is 42.5 Å². The first-order valence-electron chi connectivity index (χ1n) is 9.40. The van der Waals surface area contributed by atoms with Crippen LogP contribution in [0, 0.1) is 13.8 Å². The Morgan fingerprint density at radius 3 is 2.33 bits per heavy atom. The van der Waals surface area contributed by atoms with Crippen LogP contribution in [0.4, 0.5) is 11.4 Å². The molecule has 0 atom stereocenters. The first kappa shape index (κ1) is 19.7. The third-order valence-corrected chi connectivity index (χ3v) is 5.25. The molecule has 0 unspecified atom stereocenters. The Morgan fingerprint density at radius 2 is 1.57 bits per heavy atom. The Labute approximate surface area is 178 Å². The number of anilines is 2. The zero-order chi connectivity index (χ0) is 21.3. The van der Waals surface area contributed by atoms with Crippen molar-refractivity contribution >= 4 is 45.8 Å². The van der Waals surface area contributed by atoms with E-state index in [1.165, 1.54) is 0 Å². The van der Waals surface area contributed by atoms with E-state index in [0.29, 0.717) is 32.9 Å². The Hall–Kier alpha value is -3.57. The Kier molecular flexibility index (Phi) is 5.29. The minimum Gasteiger partial charge on any atom is -0.449 e. The van der Waals surface area contributed by atoms with Crippen LogP contribution in [0.15, 0.2) is 71.1 Å². The molecule has 1 heterocycles. The molecular formula is C24H19ClN2O3. The van der Waals surface area contributed by atoms with E-state index in [0.717, 1.165) is 11.1 Å². The molecule has 0 fully saturated rings. The molecule has 0 saturated carbocycles. The molecule has 1 aromatic heterocycles. The fraction of sp³-hybridized carbons (Fsp3) is 0.0833. The lowest BCUT2D eigenvalue weighted by Crippen LogP contribution is -2.17. The number of carbonyl (C=O) groups is 2. The lowest BCUT2D eigenvalue weighted by molar-refractivity contribution is 0.0999. The molecule has 2 N–H and O–H groups in total. The molecule has 6 heteroatoms. The molecule has 0 aliphatic carbocycles. The van der Waals surface area contributed by atoms with Gasteiger partial charge >= 0.3 is 0 Å². The summed E-state index contributed by atoms with van der Waals surface area (Å²) in [5, 5.41) is 6.59. The monoisotopic (exact) mass is 418 g/mol. The van der Waals surface area contributed by atoms with Crippen molar-refractivity contribution in [3.05, 3.63) is 94.2 Å². The SMILES string of the molecule is Cc1ccc(NC(=O)c2oc3ccccc3c2NC(=O)c2ccccc2Cl)cc1C. The Morgan fingerprint density at radius 1 is 0.833 bits per heavy atom. The highest BCUT2D eigenvalue weighted by Crippen LogP contribution is 2.32. The molecule has 0 bridgehead atoms. The number of carbonyl (C=O) groups excluding carboxylic acids is 2. The Balaban J connectivity index is 1.71. The summed E-state index contributed by atoms with van der Waals surface area (Å²) in [6.07, 6.45) is 0. The van der Waals surface area contributed by atoms with Gasteiger partial charge in [0, 0.05) is 11.1 Å². The van der Waals surface area contributed by atoms with Crippen LogP contribution in [-0.4, -0.2) is 11.8 Å². The predicted molar refractivity (Wildman–Crippen MR) is 119 cm³/mol. The highest BCUT2D eigenvalue weighted by atomic mass is 35.5. The maximum atomic E-state index is 13.0. The zero-order valence-corrected chi connectivity index (χ0v) is 17.2. The van der Waals surface area contributed by atoms with Gasteiger partial charge in [-0.25, -0.2) is 0 Å². The number of benzene rings is 3. The molecule has 5 nitrogen and oxygen atoms in total. The smallest absolute Gasteiger partial charge is 0.293 e. The summed E-state index contributed by atoms with van der Waals surface area (Å²) in [6.45, 7) is 3.98. The van der Waals surface area contributed by atoms with Gasteiger partial charge in [0.15, 0.2) is 0 Å². The second kappa shape index (κ2) is 8.05. The standard InChI is InChI=1S/C24H19ClN2O3/c1-14-11-12-16(13-15(14)2)26-24(29)22-21(18-8-4-6-10-20(18)30-22)27-23(28)17-7-3-5-9-19(17)25/h3-13H,1-2H3,(H,26,29)(H,27,28). The number of nitrogens with one attached hydrogen (secondary N) is 2. The van der Waals surface area contributed by atoms with Crippen molar-refractivity contribution in [1.82, 2.24) is 0 Å². The summed E-state index contributed by atoms with van der Waals surface area (Å²) in [7, 11) is 0. The summed E-state index contributed by atoms with van der Waals surface area (Å²) in [5.41, 5.74) is 3.94. The lowest BCUT2D eigenvalue weighted by Gasteiger charge is -2.09. The van der Waals surface area contributed by atoms with Gasteiger partial charge in [0.2, 0.25) is 5.76 Å². The van der Waals surface area contributed by atoms with Crippen molar-refractivity contribution in [2.45, 2.75) is 13.8 Å². The van der Waals surface area contributed by atoms with Gasteiger partial charge in [-0.05, 0) is 61.4 Å². The highest BCUT2D eigenvalue weighted by molar-refractivity contribution is 6.34. The van der Waals surface area contributed by atoms with Gasteiger partial charge in [-0.1, -0.05) is 41.9 Å². The number of hydrogen-bond acceptors (Lipinski definition) is 3. The van der Waals surface area contributed by atoms with Crippen molar-refractivity contribution in [2.75, 3.05) is 10.6 Å². The van der Waals surface area contributed by atoms with Crippen LogP contribution in [0.2, 0.25) is 5.02 Å². The maximum Gasteiger partial charge on any atom is 0.293 e. The van der Waals surface area contributed by atoms with E-state index < -0.39 is 11.8 Å². The van der Waals surface area contributed by atoms with Crippen molar-refractivity contribution < 1.29 is 14.0 Å². The third kappa shape index (κ3) is 3.80. The molecule has 0 aliphatic heterocycles. The van der Waals surface area contributed by atoms with Crippen LogP contribution >= 0.6 is 11.6 Å². The van der Waals surface area contributed by atoms with Crippen molar-refractivity contribution in [3.63, 3.8) is 0 Å². The van der Waals surface area contributed by atoms with Gasteiger partial charge in [-0.2, -0.15) is 0 Å². The van der Waals surface area contributed by atoms with E-state index >= 15 is 0 Å². The minimum absolute atomic E-state index is 0.0230. The lowest BCUT2D eigenvalue weighted by atomic mass is 10.1. The van der Waals surface area contributed by atoms with Gasteiger partial charge in [0.05, 0.1) is 10.6 Å². The largest absolute Gasteiger partial charge is 0.449 e. The van der Waals surface area contributed by atoms with Gasteiger partial charge in [0.1, 0.15) is 11.3 Å². The molecule has 0 radical (unpaired) electrons. The predicted octanol–water partition coefficient (Wildman–Crippen LogP) is 6.21. The topological polar surface area (TPSA) is 71.3 Å². The molecule has 30 heavy (non-hydrogen) atoms. The fourth-order valence-corrected chi connectivity index (χ4v) is 3.38. The average Bonchev–Trinajstić information content (AvgIpc) is 3.09. The highest BCUT2D eigenvalue weighted by Gasteiger charge is 2.23. The molecule has 4 rings (SSSR count). The van der Waals surface area contributed by atoms with Crippen LogP contribution < -0.4 is 10.6 Å². The van der Waals surface area contributed by atoms with Gasteiger partial charge < -0.3 is 15.1 Å². The number of halogens is 1. The number of fused-ring (bicyclic) bond motifs is 1. The average molecular weight is 419 g/mol. The number of amides is 2. The van der Waals surface area contributed by atoms with E-state index in [9.17, 15) is 9.59 Å². The molecule has 2 amide bonds. The van der Waals surface area contributed by atoms with Crippen LogP contribution in [0.5, 0.6) is 0 Å². The molecule has 0 spiro atoms. The number of furan rings is 1. The van der Waals surface area contributed by atoms with Gasteiger partial charge in [-0.3, -0.25) is 9.59 Å². The second-order valence-electron chi connectivity index (χ2n) is 6.99. The summed E-state index contributed by atoms with van der Waals surface area (Å²) in [6, 6.07) is 19.5. The first-order chi connectivity index (χ1) is 14.4. The molecule has 4 aromatic rings. The summed E-state index contributed by atoms with van der Waals surface area (Å²) in [5.74, 6) is -0.855. The van der Waals surface area contributed by atoms with Crippen LogP contribution in [0.3, 0.4) is 0 Å². The van der Waals surface area contributed by atoms with Gasteiger partial charge in [0.25, 0.3) is 11.8 Å². The first-order valence-corrected chi connectivity index (χ1v) is 9.78. The fourth-order valence-electron chi connectivity index (χ4n) is 3.16. The molecule has 3 aromatic carbocycles. The van der Waals surface area contributed by atoms with E-state index in [1.807, 2.05) is 38.1 Å². The van der Waals surface area contributed by atoms with Crippen LogP contribution in [0.25, 0.3) is 11.0 Å². The third-order valence-electron chi connectivity index (χ3n) is 4.92. The zero-order valence-electron chi connectivity index (χ0n) is 16.5. The van der Waals surface area contributed by atoms with Crippen molar-refractivity contribution in [2.24, 2.45) is 0 Å². The second-order valence-corrected chi connectivity index (χ2v) is 7.40. The molecule has 150 valence electrons. The van der Waals surface area contributed by atoms with Crippen LogP contribution in [0.1, 0.15) is 32.0 Å². The number of aryl methyl sites for hydroxylation is 2. The normalized spacial score (nSPS) is 10.8. The molecule has 0 saturated heterocycles. The number of rotatable bonds is 4.